The largest absolute Gasteiger partial charge is 0.294 e. The van der Waals surface area contributed by atoms with Gasteiger partial charge in [0, 0.05) is 11.9 Å². The van der Waals surface area contributed by atoms with Gasteiger partial charge >= 0.3 is 0 Å². The zero-order chi connectivity index (χ0) is 11.7. The molecule has 0 aliphatic carbocycles. The highest BCUT2D eigenvalue weighted by Gasteiger charge is 2.11. The molecule has 3 aromatic rings. The van der Waals surface area contributed by atoms with Crippen LogP contribution in [0.3, 0.4) is 0 Å². The van der Waals surface area contributed by atoms with Gasteiger partial charge in [-0.3, -0.25) is 4.57 Å². The number of nitrogens with zero attached hydrogens (tertiary/aromatic N) is 3. The molecule has 0 unspecified atom stereocenters. The minimum absolute atomic E-state index is 0.366. The highest BCUT2D eigenvalue weighted by molar-refractivity contribution is 6.16. The minimum atomic E-state index is 0.366. The normalized spacial score (nSPS) is 10.9. The van der Waals surface area contributed by atoms with Gasteiger partial charge in [-0.1, -0.05) is 18.2 Å². The number of hydrogen-bond acceptors (Lipinski definition) is 2. The maximum Gasteiger partial charge on any atom is 0.178 e. The Morgan fingerprint density at radius 3 is 2.65 bits per heavy atom. The van der Waals surface area contributed by atoms with Gasteiger partial charge in [0.2, 0.25) is 0 Å². The van der Waals surface area contributed by atoms with Crippen LogP contribution in [0.15, 0.2) is 48.7 Å². The van der Waals surface area contributed by atoms with Gasteiger partial charge in [0.1, 0.15) is 5.82 Å². The number of alkyl halides is 1. The Balaban J connectivity index is 2.34. The van der Waals surface area contributed by atoms with Crippen molar-refractivity contribution < 1.29 is 0 Å². The summed E-state index contributed by atoms with van der Waals surface area (Å²) in [5, 5.41) is 0. The van der Waals surface area contributed by atoms with E-state index in [2.05, 4.69) is 9.97 Å². The van der Waals surface area contributed by atoms with Gasteiger partial charge in [-0.25, -0.2) is 9.97 Å². The van der Waals surface area contributed by atoms with Gasteiger partial charge in [0.25, 0.3) is 0 Å². The van der Waals surface area contributed by atoms with Crippen molar-refractivity contribution in [1.29, 1.82) is 0 Å². The lowest BCUT2D eigenvalue weighted by Crippen LogP contribution is -1.98. The average molecular weight is 244 g/mol. The third-order valence-electron chi connectivity index (χ3n) is 2.63. The molecule has 0 atom stereocenters. The first-order valence-electron chi connectivity index (χ1n) is 5.34. The fourth-order valence-electron chi connectivity index (χ4n) is 1.92. The van der Waals surface area contributed by atoms with E-state index in [4.69, 9.17) is 11.6 Å². The van der Waals surface area contributed by atoms with Crippen LogP contribution in [0, 0.1) is 0 Å². The predicted molar refractivity (Wildman–Crippen MR) is 68.4 cm³/mol. The van der Waals surface area contributed by atoms with Crippen molar-refractivity contribution in [2.45, 2.75) is 5.88 Å². The quantitative estimate of drug-likeness (QED) is 0.648. The lowest BCUT2D eigenvalue weighted by Gasteiger charge is -2.06. The minimum Gasteiger partial charge on any atom is -0.294 e. The van der Waals surface area contributed by atoms with Crippen LogP contribution in [-0.4, -0.2) is 14.5 Å². The number of para-hydroxylation sites is 1. The summed E-state index contributed by atoms with van der Waals surface area (Å²) in [4.78, 5) is 8.67. The number of halogens is 1. The van der Waals surface area contributed by atoms with Gasteiger partial charge in [-0.15, -0.1) is 11.6 Å². The number of aromatic nitrogens is 3. The van der Waals surface area contributed by atoms with Crippen molar-refractivity contribution in [3.8, 4) is 5.69 Å². The molecule has 0 spiro atoms. The van der Waals surface area contributed by atoms with Crippen molar-refractivity contribution in [3.05, 3.63) is 54.5 Å². The van der Waals surface area contributed by atoms with E-state index in [0.717, 1.165) is 22.7 Å². The highest BCUT2D eigenvalue weighted by Crippen LogP contribution is 2.20. The standard InChI is InChI=1S/C13H10ClN3/c14-9-12-16-13-11(7-4-8-15-13)17(12)10-5-2-1-3-6-10/h1-8H,9H2. The number of imidazole rings is 1. The summed E-state index contributed by atoms with van der Waals surface area (Å²) in [5.41, 5.74) is 2.76. The second-order valence-corrected chi connectivity index (χ2v) is 3.95. The van der Waals surface area contributed by atoms with E-state index in [9.17, 15) is 0 Å². The van der Waals surface area contributed by atoms with Crippen molar-refractivity contribution in [2.75, 3.05) is 0 Å². The molecule has 0 amide bonds. The summed E-state index contributed by atoms with van der Waals surface area (Å²) < 4.78 is 2.04. The van der Waals surface area contributed by atoms with Crippen molar-refractivity contribution in [3.63, 3.8) is 0 Å². The molecule has 0 aliphatic rings. The Labute approximate surface area is 104 Å². The van der Waals surface area contributed by atoms with Crippen LogP contribution >= 0.6 is 11.6 Å². The summed E-state index contributed by atoms with van der Waals surface area (Å²) in [6, 6.07) is 13.9. The topological polar surface area (TPSA) is 30.7 Å². The first kappa shape index (κ1) is 10.3. The molecule has 0 bridgehead atoms. The zero-order valence-corrected chi connectivity index (χ0v) is 9.80. The van der Waals surface area contributed by atoms with Crippen LogP contribution < -0.4 is 0 Å². The number of benzene rings is 1. The van der Waals surface area contributed by atoms with Gasteiger partial charge in [-0.05, 0) is 24.3 Å². The molecule has 0 saturated heterocycles. The van der Waals surface area contributed by atoms with Crippen LogP contribution in [0.4, 0.5) is 0 Å². The van der Waals surface area contributed by atoms with Crippen molar-refractivity contribution in [2.24, 2.45) is 0 Å². The summed E-state index contributed by atoms with van der Waals surface area (Å²) in [7, 11) is 0. The number of pyridine rings is 1. The molecule has 4 heteroatoms. The molecular formula is C13H10ClN3. The van der Waals surface area contributed by atoms with E-state index in [1.165, 1.54) is 0 Å². The lowest BCUT2D eigenvalue weighted by atomic mass is 10.3. The Morgan fingerprint density at radius 1 is 1.06 bits per heavy atom. The average Bonchev–Trinajstić information content (AvgIpc) is 2.78. The van der Waals surface area contributed by atoms with Gasteiger partial charge < -0.3 is 0 Å². The van der Waals surface area contributed by atoms with Crippen molar-refractivity contribution >= 4 is 22.8 Å². The Morgan fingerprint density at radius 2 is 1.88 bits per heavy atom. The fraction of sp³-hybridized carbons (Fsp3) is 0.0769. The lowest BCUT2D eigenvalue weighted by molar-refractivity contribution is 0.981. The first-order chi connectivity index (χ1) is 8.40. The van der Waals surface area contributed by atoms with Gasteiger partial charge in [0.15, 0.2) is 5.65 Å². The Bertz CT molecular complexity index is 646. The van der Waals surface area contributed by atoms with E-state index in [0.29, 0.717) is 5.88 Å². The molecule has 0 aliphatic heterocycles. The molecule has 2 heterocycles. The van der Waals surface area contributed by atoms with E-state index in [1.807, 2.05) is 47.0 Å². The number of fused-ring (bicyclic) bond motifs is 1. The molecule has 1 aromatic carbocycles. The second-order valence-electron chi connectivity index (χ2n) is 3.68. The van der Waals surface area contributed by atoms with E-state index < -0.39 is 0 Å². The predicted octanol–water partition coefficient (Wildman–Crippen LogP) is 3.16. The van der Waals surface area contributed by atoms with Crippen molar-refractivity contribution in [1.82, 2.24) is 14.5 Å². The first-order valence-corrected chi connectivity index (χ1v) is 5.87. The molecule has 0 fully saturated rings. The summed E-state index contributed by atoms with van der Waals surface area (Å²) >= 11 is 5.94. The second kappa shape index (κ2) is 4.18. The van der Waals surface area contributed by atoms with E-state index in [1.54, 1.807) is 6.20 Å². The van der Waals surface area contributed by atoms with Crippen LogP contribution in [0.5, 0.6) is 0 Å². The number of hydrogen-bond donors (Lipinski definition) is 0. The zero-order valence-electron chi connectivity index (χ0n) is 9.05. The van der Waals surface area contributed by atoms with E-state index >= 15 is 0 Å². The van der Waals surface area contributed by atoms with Crippen LogP contribution in [-0.2, 0) is 5.88 Å². The molecule has 0 saturated carbocycles. The molecule has 2 aromatic heterocycles. The molecule has 3 nitrogen and oxygen atoms in total. The summed E-state index contributed by atoms with van der Waals surface area (Å²) in [5.74, 6) is 1.18. The molecule has 0 N–H and O–H groups in total. The monoisotopic (exact) mass is 243 g/mol. The summed E-state index contributed by atoms with van der Waals surface area (Å²) in [6.07, 6.45) is 1.74. The smallest absolute Gasteiger partial charge is 0.178 e. The van der Waals surface area contributed by atoms with Crippen LogP contribution in [0.1, 0.15) is 5.82 Å². The third-order valence-corrected chi connectivity index (χ3v) is 2.87. The molecule has 3 rings (SSSR count). The van der Waals surface area contributed by atoms with Gasteiger partial charge in [-0.2, -0.15) is 0 Å². The summed E-state index contributed by atoms with van der Waals surface area (Å²) in [6.45, 7) is 0. The maximum atomic E-state index is 5.94. The van der Waals surface area contributed by atoms with E-state index in [-0.39, 0.29) is 0 Å². The Hall–Kier alpha value is -1.87. The number of rotatable bonds is 2. The van der Waals surface area contributed by atoms with Gasteiger partial charge in [0.05, 0.1) is 11.4 Å². The third kappa shape index (κ3) is 1.68. The highest BCUT2D eigenvalue weighted by atomic mass is 35.5. The molecular weight excluding hydrogens is 234 g/mol. The molecule has 0 radical (unpaired) electrons. The van der Waals surface area contributed by atoms with Crippen LogP contribution in [0.25, 0.3) is 16.9 Å². The Kier molecular flexibility index (Phi) is 2.53. The SMILES string of the molecule is ClCc1nc2ncccc2n1-c1ccccc1. The molecule has 84 valence electrons. The molecule has 17 heavy (non-hydrogen) atoms. The maximum absolute atomic E-state index is 5.94. The van der Waals surface area contributed by atoms with Crippen LogP contribution in [0.2, 0.25) is 0 Å². The fourth-order valence-corrected chi connectivity index (χ4v) is 2.09.